The van der Waals surface area contributed by atoms with Gasteiger partial charge in [0.15, 0.2) is 11.7 Å². The predicted molar refractivity (Wildman–Crippen MR) is 135 cm³/mol. The fraction of sp³-hybridized carbons (Fsp3) is 0.286. The lowest BCUT2D eigenvalue weighted by Gasteiger charge is -2.21. The van der Waals surface area contributed by atoms with Crippen molar-refractivity contribution in [3.63, 3.8) is 0 Å². The highest BCUT2D eigenvalue weighted by Crippen LogP contribution is 2.25. The zero-order chi connectivity index (χ0) is 24.7. The molecule has 0 radical (unpaired) electrons. The molecule has 4 aromatic rings. The van der Waals surface area contributed by atoms with Crippen LogP contribution in [0.1, 0.15) is 18.4 Å². The molecule has 8 heteroatoms. The SMILES string of the molecule is COc1ccc(OCCCN(Cc2cccc(O[C@@H]3CCOC3=O)c2)c2nc3ccccc3o2)cc1. The van der Waals surface area contributed by atoms with Crippen LogP contribution in [0.15, 0.2) is 77.2 Å². The second-order valence-corrected chi connectivity index (χ2v) is 8.47. The number of methoxy groups -OCH3 is 1. The maximum Gasteiger partial charge on any atom is 0.347 e. The molecule has 1 aliphatic rings. The first kappa shape index (κ1) is 23.5. The number of carbonyl (C=O) groups excluding carboxylic acids is 1. The molecular weight excluding hydrogens is 460 g/mol. The summed E-state index contributed by atoms with van der Waals surface area (Å²) in [5, 5.41) is 0. The maximum atomic E-state index is 11.8. The van der Waals surface area contributed by atoms with Crippen molar-refractivity contribution < 1.29 is 28.2 Å². The summed E-state index contributed by atoms with van der Waals surface area (Å²) in [4.78, 5) is 18.6. The van der Waals surface area contributed by atoms with Crippen LogP contribution in [0, 0.1) is 0 Å². The monoisotopic (exact) mass is 488 g/mol. The standard InChI is InChI=1S/C28H28N2O6/c1-32-21-10-12-22(13-11-21)33-16-5-15-30(28-29-24-8-2-3-9-25(24)36-28)19-20-6-4-7-23(18-20)35-26-14-17-34-27(26)31/h2-4,6-13,18,26H,5,14-17,19H2,1H3/t26-/m1/s1. The van der Waals surface area contributed by atoms with Crippen LogP contribution in [-0.4, -0.2) is 43.9 Å². The summed E-state index contributed by atoms with van der Waals surface area (Å²) in [5.74, 6) is 1.90. The first-order valence-corrected chi connectivity index (χ1v) is 12.0. The Kier molecular flexibility index (Phi) is 7.21. The highest BCUT2D eigenvalue weighted by Gasteiger charge is 2.28. The molecule has 3 aromatic carbocycles. The topological polar surface area (TPSA) is 83.3 Å². The zero-order valence-corrected chi connectivity index (χ0v) is 20.1. The Bertz CT molecular complexity index is 1270. The Morgan fingerprint density at radius 2 is 1.83 bits per heavy atom. The van der Waals surface area contributed by atoms with Gasteiger partial charge in [-0.1, -0.05) is 24.3 Å². The number of anilines is 1. The second kappa shape index (κ2) is 11.0. The van der Waals surface area contributed by atoms with E-state index >= 15 is 0 Å². The van der Waals surface area contributed by atoms with Crippen LogP contribution in [0.5, 0.6) is 17.2 Å². The number of carbonyl (C=O) groups is 1. The molecule has 0 aliphatic carbocycles. The van der Waals surface area contributed by atoms with E-state index < -0.39 is 6.10 Å². The van der Waals surface area contributed by atoms with Crippen molar-refractivity contribution in [2.24, 2.45) is 0 Å². The van der Waals surface area contributed by atoms with Crippen LogP contribution < -0.4 is 19.1 Å². The molecular formula is C28H28N2O6. The van der Waals surface area contributed by atoms with Crippen LogP contribution in [0.4, 0.5) is 6.01 Å². The van der Waals surface area contributed by atoms with E-state index in [0.29, 0.717) is 44.5 Å². The van der Waals surface area contributed by atoms with Gasteiger partial charge in [0.25, 0.3) is 6.01 Å². The van der Waals surface area contributed by atoms with Gasteiger partial charge in [-0.25, -0.2) is 4.79 Å². The van der Waals surface area contributed by atoms with Gasteiger partial charge in [0.1, 0.15) is 22.8 Å². The number of aromatic nitrogens is 1. The van der Waals surface area contributed by atoms with Gasteiger partial charge in [0, 0.05) is 19.5 Å². The number of ether oxygens (including phenoxy) is 4. The minimum Gasteiger partial charge on any atom is -0.497 e. The van der Waals surface area contributed by atoms with Crippen molar-refractivity contribution in [1.82, 2.24) is 4.98 Å². The fourth-order valence-electron chi connectivity index (χ4n) is 4.04. The van der Waals surface area contributed by atoms with E-state index in [4.69, 9.17) is 28.3 Å². The highest BCUT2D eigenvalue weighted by molar-refractivity contribution is 5.77. The summed E-state index contributed by atoms with van der Waals surface area (Å²) in [6.45, 7) is 2.16. The van der Waals surface area contributed by atoms with Crippen molar-refractivity contribution in [2.45, 2.75) is 25.5 Å². The van der Waals surface area contributed by atoms with Crippen molar-refractivity contribution >= 4 is 23.1 Å². The van der Waals surface area contributed by atoms with Crippen molar-refractivity contribution in [3.8, 4) is 17.2 Å². The Labute approximate surface area is 209 Å². The molecule has 36 heavy (non-hydrogen) atoms. The number of cyclic esters (lactones) is 1. The highest BCUT2D eigenvalue weighted by atomic mass is 16.6. The molecule has 0 unspecified atom stereocenters. The number of fused-ring (bicyclic) bond motifs is 1. The van der Waals surface area contributed by atoms with Gasteiger partial charge in [-0.2, -0.15) is 4.98 Å². The molecule has 1 atom stereocenters. The normalized spacial score (nSPS) is 15.0. The molecule has 5 rings (SSSR count). The Morgan fingerprint density at radius 1 is 1.00 bits per heavy atom. The van der Waals surface area contributed by atoms with E-state index in [2.05, 4.69) is 4.90 Å². The van der Waals surface area contributed by atoms with Crippen LogP contribution in [0.3, 0.4) is 0 Å². The first-order valence-electron chi connectivity index (χ1n) is 12.0. The van der Waals surface area contributed by atoms with Gasteiger partial charge in [-0.05, 0) is 60.5 Å². The Balaban J connectivity index is 1.27. The number of para-hydroxylation sites is 2. The van der Waals surface area contributed by atoms with Gasteiger partial charge in [0.2, 0.25) is 0 Å². The molecule has 1 saturated heterocycles. The molecule has 0 amide bonds. The number of rotatable bonds is 11. The summed E-state index contributed by atoms with van der Waals surface area (Å²) in [6, 6.07) is 23.5. The van der Waals surface area contributed by atoms with E-state index in [1.807, 2.05) is 72.8 Å². The zero-order valence-electron chi connectivity index (χ0n) is 20.1. The number of benzene rings is 3. The summed E-state index contributed by atoms with van der Waals surface area (Å²) in [7, 11) is 1.64. The van der Waals surface area contributed by atoms with E-state index in [9.17, 15) is 4.79 Å². The lowest BCUT2D eigenvalue weighted by atomic mass is 10.2. The summed E-state index contributed by atoms with van der Waals surface area (Å²) < 4.78 is 28.0. The quantitative estimate of drug-likeness (QED) is 0.215. The molecule has 186 valence electrons. The summed E-state index contributed by atoms with van der Waals surface area (Å²) in [6.07, 6.45) is 0.768. The number of hydrogen-bond acceptors (Lipinski definition) is 8. The third-order valence-corrected chi connectivity index (χ3v) is 5.89. The lowest BCUT2D eigenvalue weighted by molar-refractivity contribution is -0.143. The van der Waals surface area contributed by atoms with Crippen LogP contribution in [-0.2, 0) is 16.1 Å². The third-order valence-electron chi connectivity index (χ3n) is 5.89. The number of nitrogens with zero attached hydrogens (tertiary/aromatic N) is 2. The van der Waals surface area contributed by atoms with Gasteiger partial charge < -0.3 is 28.3 Å². The van der Waals surface area contributed by atoms with E-state index in [1.165, 1.54) is 0 Å². The number of esters is 1. The Morgan fingerprint density at radius 3 is 2.61 bits per heavy atom. The van der Waals surface area contributed by atoms with Crippen LogP contribution in [0.25, 0.3) is 11.1 Å². The fourth-order valence-corrected chi connectivity index (χ4v) is 4.04. The number of hydrogen-bond donors (Lipinski definition) is 0. The molecule has 1 aromatic heterocycles. The Hall–Kier alpha value is -4.20. The molecule has 8 nitrogen and oxygen atoms in total. The molecule has 1 aliphatic heterocycles. The minimum absolute atomic E-state index is 0.314. The van der Waals surface area contributed by atoms with Crippen molar-refractivity contribution in [3.05, 3.63) is 78.4 Å². The van der Waals surface area contributed by atoms with Gasteiger partial charge in [-0.3, -0.25) is 0 Å². The number of oxazole rings is 1. The average Bonchev–Trinajstić information content (AvgIpc) is 3.52. The molecule has 0 saturated carbocycles. The molecule has 0 spiro atoms. The molecule has 0 bridgehead atoms. The molecule has 2 heterocycles. The minimum atomic E-state index is -0.552. The van der Waals surface area contributed by atoms with Crippen molar-refractivity contribution in [1.29, 1.82) is 0 Å². The van der Waals surface area contributed by atoms with Gasteiger partial charge in [0.05, 0.1) is 20.3 Å². The summed E-state index contributed by atoms with van der Waals surface area (Å²) in [5.41, 5.74) is 2.56. The third kappa shape index (κ3) is 5.71. The van der Waals surface area contributed by atoms with Gasteiger partial charge >= 0.3 is 5.97 Å². The second-order valence-electron chi connectivity index (χ2n) is 8.47. The molecule has 1 fully saturated rings. The first-order chi connectivity index (χ1) is 17.7. The lowest BCUT2D eigenvalue weighted by Crippen LogP contribution is -2.26. The largest absolute Gasteiger partial charge is 0.497 e. The van der Waals surface area contributed by atoms with E-state index in [0.717, 1.165) is 34.6 Å². The van der Waals surface area contributed by atoms with Crippen LogP contribution >= 0.6 is 0 Å². The van der Waals surface area contributed by atoms with Gasteiger partial charge in [-0.15, -0.1) is 0 Å². The summed E-state index contributed by atoms with van der Waals surface area (Å²) >= 11 is 0. The average molecular weight is 489 g/mol. The predicted octanol–water partition coefficient (Wildman–Crippen LogP) is 5.01. The molecule has 0 N–H and O–H groups in total. The van der Waals surface area contributed by atoms with Crippen molar-refractivity contribution in [2.75, 3.05) is 31.8 Å². The van der Waals surface area contributed by atoms with E-state index in [-0.39, 0.29) is 5.97 Å². The van der Waals surface area contributed by atoms with E-state index in [1.54, 1.807) is 7.11 Å². The van der Waals surface area contributed by atoms with Crippen LogP contribution in [0.2, 0.25) is 0 Å². The maximum absolute atomic E-state index is 11.8. The smallest absolute Gasteiger partial charge is 0.347 e.